The maximum Gasteiger partial charge on any atom is 0.249 e. The van der Waals surface area contributed by atoms with Gasteiger partial charge in [0.2, 0.25) is 11.8 Å². The highest BCUT2D eigenvalue weighted by atomic mass is 32.1. The van der Waals surface area contributed by atoms with Crippen molar-refractivity contribution in [2.45, 2.75) is 19.9 Å². The first-order chi connectivity index (χ1) is 5.04. The topological polar surface area (TPSA) is 49.4 Å². The third kappa shape index (κ3) is 1.23. The molecule has 60 valence electrons. The van der Waals surface area contributed by atoms with Gasteiger partial charge in [-0.25, -0.2) is 0 Å². The molecule has 5 heteroatoms. The number of carbonyl (C=O) groups excluding carboxylic acids is 2. The number of hydrogen-bond donors (Lipinski definition) is 1. The van der Waals surface area contributed by atoms with Crippen LogP contribution in [0.25, 0.3) is 0 Å². The van der Waals surface area contributed by atoms with Gasteiger partial charge in [-0.2, -0.15) is 0 Å². The molecule has 0 saturated carbocycles. The monoisotopic (exact) mass is 172 g/mol. The molecule has 4 nitrogen and oxygen atoms in total. The van der Waals surface area contributed by atoms with Crippen LogP contribution in [-0.4, -0.2) is 27.9 Å². The number of amides is 2. The fraction of sp³-hybridized carbons (Fsp3) is 0.500. The van der Waals surface area contributed by atoms with E-state index in [-0.39, 0.29) is 16.9 Å². The van der Waals surface area contributed by atoms with Crippen LogP contribution in [0.3, 0.4) is 0 Å². The third-order valence-corrected chi connectivity index (χ3v) is 1.85. The molecular weight excluding hydrogens is 164 g/mol. The Labute approximate surface area is 69.5 Å². The van der Waals surface area contributed by atoms with Gasteiger partial charge in [0.15, 0.2) is 5.11 Å². The highest BCUT2D eigenvalue weighted by molar-refractivity contribution is 7.80. The summed E-state index contributed by atoms with van der Waals surface area (Å²) in [6, 6.07) is -0.458. The van der Waals surface area contributed by atoms with Crippen LogP contribution in [0.5, 0.6) is 0 Å². The van der Waals surface area contributed by atoms with Gasteiger partial charge in [-0.3, -0.25) is 14.5 Å². The molecule has 1 aliphatic rings. The molecule has 0 bridgehead atoms. The van der Waals surface area contributed by atoms with E-state index in [1.54, 1.807) is 6.92 Å². The highest BCUT2D eigenvalue weighted by Crippen LogP contribution is 2.07. The Hall–Kier alpha value is -0.970. The van der Waals surface area contributed by atoms with Gasteiger partial charge >= 0.3 is 0 Å². The van der Waals surface area contributed by atoms with Gasteiger partial charge < -0.3 is 5.32 Å². The molecule has 0 aromatic heterocycles. The molecule has 0 aromatic rings. The minimum Gasteiger partial charge on any atom is -0.301 e. The summed E-state index contributed by atoms with van der Waals surface area (Å²) in [6.45, 7) is 3.01. The van der Waals surface area contributed by atoms with Gasteiger partial charge in [-0.05, 0) is 19.1 Å². The lowest BCUT2D eigenvalue weighted by Crippen LogP contribution is -2.36. The maximum absolute atomic E-state index is 10.9. The summed E-state index contributed by atoms with van der Waals surface area (Å²) in [5.74, 6) is -0.425. The van der Waals surface area contributed by atoms with Gasteiger partial charge in [0, 0.05) is 6.92 Å². The summed E-state index contributed by atoms with van der Waals surface area (Å²) < 4.78 is 0. The van der Waals surface area contributed by atoms with Crippen molar-refractivity contribution in [2.75, 3.05) is 0 Å². The zero-order valence-corrected chi connectivity index (χ0v) is 7.07. The lowest BCUT2D eigenvalue weighted by Gasteiger charge is -2.14. The molecule has 0 aliphatic carbocycles. The average Bonchev–Trinajstić information content (AvgIpc) is 2.07. The number of rotatable bonds is 0. The zero-order valence-electron chi connectivity index (χ0n) is 6.25. The first-order valence-corrected chi connectivity index (χ1v) is 3.59. The Morgan fingerprint density at radius 2 is 2.27 bits per heavy atom. The molecule has 1 heterocycles. The van der Waals surface area contributed by atoms with E-state index in [0.29, 0.717) is 0 Å². The van der Waals surface area contributed by atoms with Crippen molar-refractivity contribution in [3.8, 4) is 0 Å². The summed E-state index contributed by atoms with van der Waals surface area (Å²) >= 11 is 4.74. The van der Waals surface area contributed by atoms with Crippen LogP contribution in [0.4, 0.5) is 0 Å². The Morgan fingerprint density at radius 3 is 2.45 bits per heavy atom. The van der Waals surface area contributed by atoms with E-state index in [2.05, 4.69) is 5.32 Å². The highest BCUT2D eigenvalue weighted by Gasteiger charge is 2.34. The van der Waals surface area contributed by atoms with Crippen molar-refractivity contribution in [1.29, 1.82) is 0 Å². The number of hydrogen-bond acceptors (Lipinski definition) is 3. The number of carbonyl (C=O) groups is 2. The predicted molar refractivity (Wildman–Crippen MR) is 42.7 cm³/mol. The van der Waals surface area contributed by atoms with E-state index in [4.69, 9.17) is 12.2 Å². The van der Waals surface area contributed by atoms with E-state index < -0.39 is 6.04 Å². The summed E-state index contributed by atoms with van der Waals surface area (Å²) in [6.07, 6.45) is 0. The van der Waals surface area contributed by atoms with Gasteiger partial charge in [-0.15, -0.1) is 0 Å². The Kier molecular flexibility index (Phi) is 1.90. The molecule has 11 heavy (non-hydrogen) atoms. The Balaban J connectivity index is 2.88. The second-order valence-electron chi connectivity index (χ2n) is 2.36. The van der Waals surface area contributed by atoms with Gasteiger partial charge in [-0.1, -0.05) is 0 Å². The third-order valence-electron chi connectivity index (χ3n) is 1.55. The molecule has 0 spiro atoms. The van der Waals surface area contributed by atoms with Crippen LogP contribution < -0.4 is 5.32 Å². The lowest BCUT2D eigenvalue weighted by molar-refractivity contribution is -0.130. The molecule has 1 saturated heterocycles. The number of nitrogens with zero attached hydrogens (tertiary/aromatic N) is 1. The molecule has 1 atom stereocenters. The Bertz CT molecular complexity index is 239. The second-order valence-corrected chi connectivity index (χ2v) is 2.75. The minimum atomic E-state index is -0.458. The standard InChI is InChI=1S/C6H8N2O2S/c1-3-5(10)7-6(11)8(3)4(2)9/h3H,1-2H3,(H,7,10,11)/t3-/m0/s1. The Morgan fingerprint density at radius 1 is 1.73 bits per heavy atom. The van der Waals surface area contributed by atoms with Gasteiger partial charge in [0.05, 0.1) is 0 Å². The molecule has 1 N–H and O–H groups in total. The summed E-state index contributed by atoms with van der Waals surface area (Å²) in [7, 11) is 0. The van der Waals surface area contributed by atoms with Crippen molar-refractivity contribution in [3.63, 3.8) is 0 Å². The molecular formula is C6H8N2O2S. The van der Waals surface area contributed by atoms with Crippen molar-refractivity contribution in [1.82, 2.24) is 10.2 Å². The van der Waals surface area contributed by atoms with E-state index in [1.165, 1.54) is 11.8 Å². The largest absolute Gasteiger partial charge is 0.301 e. The predicted octanol–water partition coefficient (Wildman–Crippen LogP) is -0.362. The SMILES string of the molecule is CC(=O)N1C(=S)NC(=O)[C@@H]1C. The van der Waals surface area contributed by atoms with E-state index in [9.17, 15) is 9.59 Å². The number of thiocarbonyl (C=S) groups is 1. The first-order valence-electron chi connectivity index (χ1n) is 3.18. The normalized spacial score (nSPS) is 23.8. The van der Waals surface area contributed by atoms with Gasteiger partial charge in [0.25, 0.3) is 0 Å². The van der Waals surface area contributed by atoms with Crippen LogP contribution >= 0.6 is 12.2 Å². The molecule has 0 unspecified atom stereocenters. The van der Waals surface area contributed by atoms with E-state index >= 15 is 0 Å². The number of nitrogens with one attached hydrogen (secondary N) is 1. The summed E-state index contributed by atoms with van der Waals surface area (Å²) in [5.41, 5.74) is 0. The molecule has 0 radical (unpaired) electrons. The fourth-order valence-electron chi connectivity index (χ4n) is 0.979. The van der Waals surface area contributed by atoms with Crippen LogP contribution in [0.2, 0.25) is 0 Å². The van der Waals surface area contributed by atoms with E-state index in [1.807, 2.05) is 0 Å². The second kappa shape index (κ2) is 2.58. The van der Waals surface area contributed by atoms with Crippen molar-refractivity contribution >= 4 is 29.1 Å². The first kappa shape index (κ1) is 8.13. The zero-order chi connectivity index (χ0) is 8.59. The van der Waals surface area contributed by atoms with Crippen LogP contribution in [-0.2, 0) is 9.59 Å². The maximum atomic E-state index is 10.9. The molecule has 1 fully saturated rings. The lowest BCUT2D eigenvalue weighted by atomic mass is 10.3. The summed E-state index contributed by atoms with van der Waals surface area (Å²) in [4.78, 5) is 23.0. The van der Waals surface area contributed by atoms with Crippen molar-refractivity contribution in [2.24, 2.45) is 0 Å². The summed E-state index contributed by atoms with van der Waals surface area (Å²) in [5, 5.41) is 2.60. The van der Waals surface area contributed by atoms with Crippen LogP contribution in [0, 0.1) is 0 Å². The molecule has 1 rings (SSSR count). The van der Waals surface area contributed by atoms with Crippen molar-refractivity contribution < 1.29 is 9.59 Å². The van der Waals surface area contributed by atoms with E-state index in [0.717, 1.165) is 0 Å². The van der Waals surface area contributed by atoms with Crippen LogP contribution in [0.15, 0.2) is 0 Å². The molecule has 1 aliphatic heterocycles. The minimum absolute atomic E-state index is 0.204. The fourth-order valence-corrected chi connectivity index (χ4v) is 1.37. The molecule has 2 amide bonds. The van der Waals surface area contributed by atoms with Gasteiger partial charge in [0.1, 0.15) is 6.04 Å². The van der Waals surface area contributed by atoms with Crippen molar-refractivity contribution in [3.05, 3.63) is 0 Å². The average molecular weight is 172 g/mol. The smallest absolute Gasteiger partial charge is 0.249 e. The quantitative estimate of drug-likeness (QED) is 0.507. The van der Waals surface area contributed by atoms with Crippen LogP contribution in [0.1, 0.15) is 13.8 Å². The molecule has 0 aromatic carbocycles.